The standard InChI is InChI=1S/C17H17N3O3S/c1-23-13-8-7-12(11-5-3-2-4-6-11)15-14(13)19-17(24-15)20-16(22)18-9-10-21/h2-8,21H,9-10H2,1H3,(H2,18,19,20,22). The van der Waals surface area contributed by atoms with Crippen molar-refractivity contribution >= 4 is 32.7 Å². The molecule has 3 rings (SSSR count). The Morgan fingerprint density at radius 2 is 2.04 bits per heavy atom. The maximum absolute atomic E-state index is 11.8. The summed E-state index contributed by atoms with van der Waals surface area (Å²) in [5, 5.41) is 14.5. The molecule has 0 radical (unpaired) electrons. The molecule has 7 heteroatoms. The third-order valence-electron chi connectivity index (χ3n) is 3.43. The van der Waals surface area contributed by atoms with Gasteiger partial charge in [0.05, 0.1) is 18.4 Å². The minimum atomic E-state index is -0.400. The number of benzene rings is 2. The van der Waals surface area contributed by atoms with Gasteiger partial charge in [-0.3, -0.25) is 5.32 Å². The molecule has 0 saturated heterocycles. The highest BCUT2D eigenvalue weighted by Gasteiger charge is 2.15. The lowest BCUT2D eigenvalue weighted by Crippen LogP contribution is -2.30. The Morgan fingerprint density at radius 3 is 2.75 bits per heavy atom. The van der Waals surface area contributed by atoms with Crippen molar-refractivity contribution in [2.75, 3.05) is 25.6 Å². The third-order valence-corrected chi connectivity index (χ3v) is 4.43. The lowest BCUT2D eigenvalue weighted by molar-refractivity contribution is 0.245. The minimum Gasteiger partial charge on any atom is -0.494 e. The van der Waals surface area contributed by atoms with Crippen LogP contribution < -0.4 is 15.4 Å². The van der Waals surface area contributed by atoms with Crippen LogP contribution in [0.4, 0.5) is 9.93 Å². The second-order valence-electron chi connectivity index (χ2n) is 4.98. The number of aliphatic hydroxyl groups excluding tert-OH is 1. The molecule has 2 amide bonds. The maximum Gasteiger partial charge on any atom is 0.321 e. The van der Waals surface area contributed by atoms with Gasteiger partial charge < -0.3 is 15.2 Å². The van der Waals surface area contributed by atoms with Crippen molar-refractivity contribution in [2.24, 2.45) is 0 Å². The van der Waals surface area contributed by atoms with Crippen LogP contribution in [0.1, 0.15) is 0 Å². The number of aliphatic hydroxyl groups is 1. The lowest BCUT2D eigenvalue weighted by atomic mass is 10.1. The fourth-order valence-corrected chi connectivity index (χ4v) is 3.37. The molecule has 1 aromatic heterocycles. The SMILES string of the molecule is COc1ccc(-c2ccccc2)c2sc(NC(=O)NCCO)nc12. The number of ether oxygens (including phenoxy) is 1. The van der Waals surface area contributed by atoms with Crippen molar-refractivity contribution in [1.82, 2.24) is 10.3 Å². The van der Waals surface area contributed by atoms with Gasteiger partial charge in [-0.15, -0.1) is 0 Å². The predicted molar refractivity (Wildman–Crippen MR) is 95.7 cm³/mol. The number of urea groups is 1. The van der Waals surface area contributed by atoms with E-state index >= 15 is 0 Å². The van der Waals surface area contributed by atoms with Crippen LogP contribution in [-0.2, 0) is 0 Å². The number of hydrogen-bond donors (Lipinski definition) is 3. The van der Waals surface area contributed by atoms with E-state index < -0.39 is 6.03 Å². The maximum atomic E-state index is 11.8. The number of thiazole rings is 1. The normalized spacial score (nSPS) is 10.6. The van der Waals surface area contributed by atoms with Crippen molar-refractivity contribution in [3.63, 3.8) is 0 Å². The first-order chi connectivity index (χ1) is 11.7. The van der Waals surface area contributed by atoms with Gasteiger partial charge in [0.25, 0.3) is 0 Å². The van der Waals surface area contributed by atoms with Crippen LogP contribution in [0.15, 0.2) is 42.5 Å². The number of anilines is 1. The quantitative estimate of drug-likeness (QED) is 0.665. The van der Waals surface area contributed by atoms with E-state index in [0.29, 0.717) is 16.4 Å². The Kier molecular flexibility index (Phi) is 4.93. The minimum absolute atomic E-state index is 0.112. The summed E-state index contributed by atoms with van der Waals surface area (Å²) in [6.07, 6.45) is 0. The number of nitrogens with one attached hydrogen (secondary N) is 2. The van der Waals surface area contributed by atoms with Crippen LogP contribution in [-0.4, -0.2) is 36.4 Å². The van der Waals surface area contributed by atoms with Crippen LogP contribution >= 0.6 is 11.3 Å². The number of aromatic nitrogens is 1. The molecule has 0 saturated carbocycles. The Hall–Kier alpha value is -2.64. The molecule has 0 fully saturated rings. The largest absolute Gasteiger partial charge is 0.494 e. The zero-order valence-electron chi connectivity index (χ0n) is 13.1. The highest BCUT2D eigenvalue weighted by Crippen LogP contribution is 2.39. The Bertz CT molecular complexity index is 849. The number of amides is 2. The highest BCUT2D eigenvalue weighted by atomic mass is 32.1. The van der Waals surface area contributed by atoms with Gasteiger partial charge in [0.2, 0.25) is 0 Å². The van der Waals surface area contributed by atoms with Crippen molar-refractivity contribution in [3.05, 3.63) is 42.5 Å². The number of nitrogens with zero attached hydrogens (tertiary/aromatic N) is 1. The smallest absolute Gasteiger partial charge is 0.321 e. The molecule has 0 aliphatic heterocycles. The first-order valence-corrected chi connectivity index (χ1v) is 8.23. The van der Waals surface area contributed by atoms with Gasteiger partial charge in [0, 0.05) is 12.1 Å². The van der Waals surface area contributed by atoms with Crippen LogP contribution in [0, 0.1) is 0 Å². The van der Waals surface area contributed by atoms with E-state index in [9.17, 15) is 4.79 Å². The molecule has 0 bridgehead atoms. The van der Waals surface area contributed by atoms with E-state index in [4.69, 9.17) is 9.84 Å². The molecular weight excluding hydrogens is 326 g/mol. The molecular formula is C17H17N3O3S. The molecule has 0 aliphatic rings. The summed E-state index contributed by atoms with van der Waals surface area (Å²) in [5.74, 6) is 0.657. The zero-order chi connectivity index (χ0) is 16.9. The summed E-state index contributed by atoms with van der Waals surface area (Å²) in [5.41, 5.74) is 2.82. The van der Waals surface area contributed by atoms with Crippen molar-refractivity contribution in [3.8, 4) is 16.9 Å². The number of carbonyl (C=O) groups excluding carboxylic acids is 1. The molecule has 24 heavy (non-hydrogen) atoms. The van der Waals surface area contributed by atoms with Crippen molar-refractivity contribution in [2.45, 2.75) is 0 Å². The fourth-order valence-electron chi connectivity index (χ4n) is 2.36. The van der Waals surface area contributed by atoms with E-state index in [2.05, 4.69) is 15.6 Å². The first kappa shape index (κ1) is 16.2. The third kappa shape index (κ3) is 3.32. The van der Waals surface area contributed by atoms with Gasteiger partial charge in [-0.1, -0.05) is 41.7 Å². The van der Waals surface area contributed by atoms with Gasteiger partial charge in [0.1, 0.15) is 11.3 Å². The van der Waals surface area contributed by atoms with Crippen LogP contribution in [0.2, 0.25) is 0 Å². The average molecular weight is 343 g/mol. The molecule has 0 spiro atoms. The predicted octanol–water partition coefficient (Wildman–Crippen LogP) is 3.09. The fraction of sp³-hybridized carbons (Fsp3) is 0.176. The van der Waals surface area contributed by atoms with Crippen molar-refractivity contribution < 1.29 is 14.6 Å². The summed E-state index contributed by atoms with van der Waals surface area (Å²) in [6, 6.07) is 13.5. The summed E-state index contributed by atoms with van der Waals surface area (Å²) in [4.78, 5) is 16.2. The second-order valence-corrected chi connectivity index (χ2v) is 5.98. The van der Waals surface area contributed by atoms with Crippen LogP contribution in [0.25, 0.3) is 21.3 Å². The number of hydrogen-bond acceptors (Lipinski definition) is 5. The molecule has 0 unspecified atom stereocenters. The van der Waals surface area contributed by atoms with E-state index in [1.54, 1.807) is 7.11 Å². The number of fused-ring (bicyclic) bond motifs is 1. The summed E-state index contributed by atoms with van der Waals surface area (Å²) in [7, 11) is 1.59. The Labute approximate surface area is 143 Å². The van der Waals surface area contributed by atoms with Crippen LogP contribution in [0.3, 0.4) is 0 Å². The summed E-state index contributed by atoms with van der Waals surface area (Å²) < 4.78 is 6.33. The summed E-state index contributed by atoms with van der Waals surface area (Å²) >= 11 is 1.38. The molecule has 0 atom stereocenters. The Balaban J connectivity index is 2.01. The molecule has 3 aromatic rings. The molecule has 0 aliphatic carbocycles. The Morgan fingerprint density at radius 1 is 1.25 bits per heavy atom. The van der Waals surface area contributed by atoms with Gasteiger partial charge in [-0.2, -0.15) is 0 Å². The number of carbonyl (C=O) groups is 1. The topological polar surface area (TPSA) is 83.5 Å². The van der Waals surface area contributed by atoms with Gasteiger partial charge >= 0.3 is 6.03 Å². The van der Waals surface area contributed by atoms with Crippen LogP contribution in [0.5, 0.6) is 5.75 Å². The molecule has 3 N–H and O–H groups in total. The van der Waals surface area contributed by atoms with Gasteiger partial charge in [-0.05, 0) is 17.7 Å². The highest BCUT2D eigenvalue weighted by molar-refractivity contribution is 7.23. The van der Waals surface area contributed by atoms with Crippen molar-refractivity contribution in [1.29, 1.82) is 0 Å². The summed E-state index contributed by atoms with van der Waals surface area (Å²) in [6.45, 7) is 0.0779. The zero-order valence-corrected chi connectivity index (χ0v) is 13.9. The molecule has 1 heterocycles. The van der Waals surface area contributed by atoms with E-state index in [1.807, 2.05) is 42.5 Å². The van der Waals surface area contributed by atoms with Gasteiger partial charge in [-0.25, -0.2) is 9.78 Å². The number of methoxy groups -OCH3 is 1. The number of rotatable bonds is 5. The second kappa shape index (κ2) is 7.29. The average Bonchev–Trinajstić information content (AvgIpc) is 3.03. The van der Waals surface area contributed by atoms with E-state index in [0.717, 1.165) is 15.8 Å². The van der Waals surface area contributed by atoms with E-state index in [1.165, 1.54) is 11.3 Å². The lowest BCUT2D eigenvalue weighted by Gasteiger charge is -2.05. The molecule has 2 aromatic carbocycles. The first-order valence-electron chi connectivity index (χ1n) is 7.41. The van der Waals surface area contributed by atoms with Gasteiger partial charge in [0.15, 0.2) is 5.13 Å². The monoisotopic (exact) mass is 343 g/mol. The van der Waals surface area contributed by atoms with E-state index in [-0.39, 0.29) is 13.2 Å². The molecule has 124 valence electrons. The molecule has 6 nitrogen and oxygen atoms in total.